The molecule has 12 nitrogen and oxygen atoms in total. The highest BCUT2D eigenvalue weighted by atomic mass is 16.5. The van der Waals surface area contributed by atoms with Gasteiger partial charge in [-0.2, -0.15) is 5.10 Å². The van der Waals surface area contributed by atoms with Crippen LogP contribution >= 0.6 is 0 Å². The highest BCUT2D eigenvalue weighted by Gasteiger charge is 2.34. The van der Waals surface area contributed by atoms with Crippen LogP contribution in [0.5, 0.6) is 5.75 Å². The van der Waals surface area contributed by atoms with Crippen LogP contribution in [0.3, 0.4) is 0 Å². The number of carbonyl (C=O) groups is 4. The molecule has 3 aromatic carbocycles. The summed E-state index contributed by atoms with van der Waals surface area (Å²) in [5, 5.41) is 12.7. The molecule has 3 N–H and O–H groups in total. The summed E-state index contributed by atoms with van der Waals surface area (Å²) in [7, 11) is 1.57. The van der Waals surface area contributed by atoms with E-state index in [9.17, 15) is 19.2 Å². The molecule has 1 aliphatic rings. The largest absolute Gasteiger partial charge is 0.494 e. The van der Waals surface area contributed by atoms with Crippen LogP contribution in [0.1, 0.15) is 84.5 Å². The van der Waals surface area contributed by atoms with E-state index < -0.39 is 24.0 Å². The van der Waals surface area contributed by atoms with Crippen LogP contribution < -0.4 is 15.6 Å². The van der Waals surface area contributed by atoms with Crippen LogP contribution in [-0.2, 0) is 30.4 Å². The topological polar surface area (TPSA) is 156 Å². The van der Waals surface area contributed by atoms with Crippen LogP contribution in [0.15, 0.2) is 96.1 Å². The maximum absolute atomic E-state index is 13.7. The molecule has 2 atom stereocenters. The van der Waals surface area contributed by atoms with Crippen LogP contribution in [0, 0.1) is 0 Å². The van der Waals surface area contributed by atoms with E-state index in [1.54, 1.807) is 41.8 Å². The second kappa shape index (κ2) is 21.0. The van der Waals surface area contributed by atoms with Crippen LogP contribution in [-0.4, -0.2) is 66.4 Å². The molecule has 51 heavy (non-hydrogen) atoms. The lowest BCUT2D eigenvalue weighted by atomic mass is 9.99. The number of allylic oxidation sites excluding steroid dienone is 2. The molecule has 3 aromatic rings. The summed E-state index contributed by atoms with van der Waals surface area (Å²) in [4.78, 5) is 52.2. The molecule has 0 spiro atoms. The van der Waals surface area contributed by atoms with Gasteiger partial charge in [-0.25, -0.2) is 10.9 Å². The smallest absolute Gasteiger partial charge is 0.306 e. The average molecular weight is 699 g/mol. The van der Waals surface area contributed by atoms with E-state index >= 15 is 0 Å². The lowest BCUT2D eigenvalue weighted by Gasteiger charge is -2.37. The molecule has 0 unspecified atom stereocenters. The lowest BCUT2D eigenvalue weighted by Crippen LogP contribution is -2.47. The summed E-state index contributed by atoms with van der Waals surface area (Å²) in [6.07, 6.45) is 8.69. The van der Waals surface area contributed by atoms with Gasteiger partial charge >= 0.3 is 5.97 Å². The molecule has 3 amide bonds. The van der Waals surface area contributed by atoms with E-state index in [0.29, 0.717) is 43.6 Å². The monoisotopic (exact) mass is 698 g/mol. The van der Waals surface area contributed by atoms with Gasteiger partial charge < -0.3 is 19.1 Å². The number of nitrogens with zero attached hydrogens (tertiary/aromatic N) is 2. The molecular weight excluding hydrogens is 652 g/mol. The zero-order valence-corrected chi connectivity index (χ0v) is 28.9. The third kappa shape index (κ3) is 12.8. The lowest BCUT2D eigenvalue weighted by molar-refractivity contribution is -0.159. The van der Waals surface area contributed by atoms with Crippen molar-refractivity contribution in [2.24, 2.45) is 5.10 Å². The van der Waals surface area contributed by atoms with Crippen molar-refractivity contribution in [1.82, 2.24) is 15.8 Å². The van der Waals surface area contributed by atoms with Gasteiger partial charge in [0.1, 0.15) is 11.9 Å². The molecule has 0 radical (unpaired) electrons. The second-order valence-electron chi connectivity index (χ2n) is 12.1. The van der Waals surface area contributed by atoms with Crippen molar-refractivity contribution >= 4 is 29.9 Å². The van der Waals surface area contributed by atoms with Crippen molar-refractivity contribution in [2.75, 3.05) is 20.3 Å². The van der Waals surface area contributed by atoms with Gasteiger partial charge in [-0.05, 0) is 67.0 Å². The van der Waals surface area contributed by atoms with Crippen molar-refractivity contribution < 1.29 is 38.6 Å². The minimum atomic E-state index is -0.716. The van der Waals surface area contributed by atoms with Crippen LogP contribution in [0.25, 0.3) is 0 Å². The normalized spacial score (nSPS) is 17.6. The van der Waals surface area contributed by atoms with Crippen LogP contribution in [0.4, 0.5) is 0 Å². The molecule has 4 rings (SSSR count). The molecule has 1 aliphatic heterocycles. The van der Waals surface area contributed by atoms with E-state index in [1.807, 2.05) is 66.7 Å². The third-order valence-corrected chi connectivity index (χ3v) is 8.25. The summed E-state index contributed by atoms with van der Waals surface area (Å²) >= 11 is 0. The standard InChI is InChI=1S/C39H46N4O8/c1-49-28-34-38(31-13-6-4-7-14-31)51-37(46)19-10-3-2-9-18-36(45)43(34)27-30-22-20-29(21-23-30)26-40-41-39(47)32-15-12-16-33(25-32)50-24-11-5-8-17-35(44)42-48/h2-4,6-7,12-16,20-23,25-26,34,38,48H,5,8-11,17-19,24,27-28H2,1H3,(H,41,47)(H,42,44)/b3-2+,40-26+/t34-,38-/m0/s1. The van der Waals surface area contributed by atoms with Gasteiger partial charge in [0.05, 0.1) is 25.5 Å². The fourth-order valence-electron chi connectivity index (χ4n) is 5.57. The van der Waals surface area contributed by atoms with E-state index in [-0.39, 0.29) is 37.9 Å². The van der Waals surface area contributed by atoms with Crippen molar-refractivity contribution in [2.45, 2.75) is 70.1 Å². The third-order valence-electron chi connectivity index (χ3n) is 8.25. The molecule has 0 bridgehead atoms. The summed E-state index contributed by atoms with van der Waals surface area (Å²) in [5.74, 6) is -0.680. The van der Waals surface area contributed by atoms with Crippen molar-refractivity contribution in [3.8, 4) is 5.75 Å². The van der Waals surface area contributed by atoms with Crippen molar-refractivity contribution in [3.05, 3.63) is 113 Å². The summed E-state index contributed by atoms with van der Waals surface area (Å²) in [6.45, 7) is 0.865. The first kappa shape index (κ1) is 38.5. The number of hydrogen-bond acceptors (Lipinski definition) is 9. The summed E-state index contributed by atoms with van der Waals surface area (Å²) in [6, 6.07) is 23.1. The Hall–Kier alpha value is -5.33. The Balaban J connectivity index is 1.39. The molecule has 0 saturated heterocycles. The number of esters is 1. The highest BCUT2D eigenvalue weighted by molar-refractivity contribution is 5.95. The Morgan fingerprint density at radius 3 is 2.47 bits per heavy atom. The minimum Gasteiger partial charge on any atom is -0.494 e. The SMILES string of the molecule is COC[C@H]1[C@H](c2ccccc2)OC(=O)CC/C=C/CCC(=O)N1Cc1ccc(/C=N/NC(=O)c2cccc(OCCCCCC(=O)NO)c2)cc1. The first-order valence-corrected chi connectivity index (χ1v) is 17.1. The van der Waals surface area contributed by atoms with Crippen molar-refractivity contribution in [3.63, 3.8) is 0 Å². The fraction of sp³-hybridized carbons (Fsp3) is 0.359. The number of benzene rings is 3. The fourth-order valence-corrected chi connectivity index (χ4v) is 5.57. The molecule has 270 valence electrons. The number of amides is 3. The maximum Gasteiger partial charge on any atom is 0.306 e. The first-order chi connectivity index (χ1) is 24.9. The van der Waals surface area contributed by atoms with Gasteiger partial charge in [-0.1, -0.05) is 72.8 Å². The number of rotatable bonds is 15. The van der Waals surface area contributed by atoms with Crippen LogP contribution in [0.2, 0.25) is 0 Å². The zero-order valence-electron chi connectivity index (χ0n) is 28.9. The summed E-state index contributed by atoms with van der Waals surface area (Å²) in [5.41, 5.74) is 6.92. The number of unbranched alkanes of at least 4 members (excludes halogenated alkanes) is 2. The molecule has 12 heteroatoms. The second-order valence-corrected chi connectivity index (χ2v) is 12.1. The number of hydrogen-bond donors (Lipinski definition) is 3. The number of nitrogens with one attached hydrogen (secondary N) is 2. The molecule has 0 saturated carbocycles. The number of ether oxygens (including phenoxy) is 3. The predicted molar refractivity (Wildman–Crippen MR) is 191 cm³/mol. The van der Waals surface area contributed by atoms with Crippen molar-refractivity contribution in [1.29, 1.82) is 0 Å². The Kier molecular flexibility index (Phi) is 15.9. The highest BCUT2D eigenvalue weighted by Crippen LogP contribution is 2.29. The van der Waals surface area contributed by atoms with Gasteiger partial charge in [-0.15, -0.1) is 0 Å². The molecule has 1 heterocycles. The van der Waals surface area contributed by atoms with Gasteiger partial charge in [0.15, 0.2) is 0 Å². The average Bonchev–Trinajstić information content (AvgIpc) is 3.15. The number of cyclic esters (lactones) is 1. The Morgan fingerprint density at radius 2 is 1.73 bits per heavy atom. The Bertz CT molecular complexity index is 1630. The number of carbonyl (C=O) groups excluding carboxylic acids is 4. The molecular formula is C39H46N4O8. The number of hydroxylamine groups is 1. The zero-order chi connectivity index (χ0) is 36.3. The quantitative estimate of drug-likeness (QED) is 0.0459. The van der Waals surface area contributed by atoms with E-state index in [0.717, 1.165) is 29.5 Å². The van der Waals surface area contributed by atoms with E-state index in [4.69, 9.17) is 19.4 Å². The molecule has 0 aliphatic carbocycles. The predicted octanol–water partition coefficient (Wildman–Crippen LogP) is 5.65. The molecule has 0 fully saturated rings. The van der Waals surface area contributed by atoms with Gasteiger partial charge in [0.25, 0.3) is 5.91 Å². The summed E-state index contributed by atoms with van der Waals surface area (Å²) < 4.78 is 17.4. The minimum absolute atomic E-state index is 0.0771. The maximum atomic E-state index is 13.7. The van der Waals surface area contributed by atoms with E-state index in [2.05, 4.69) is 10.5 Å². The Morgan fingerprint density at radius 1 is 0.961 bits per heavy atom. The number of hydrazone groups is 1. The molecule has 0 aromatic heterocycles. The first-order valence-electron chi connectivity index (χ1n) is 17.1. The number of methoxy groups -OCH3 is 1. The van der Waals surface area contributed by atoms with Gasteiger partial charge in [0, 0.05) is 38.5 Å². The van der Waals surface area contributed by atoms with Gasteiger partial charge in [0.2, 0.25) is 11.8 Å². The Labute approximate surface area is 298 Å². The van der Waals surface area contributed by atoms with Gasteiger partial charge in [-0.3, -0.25) is 24.4 Å². The van der Waals surface area contributed by atoms with E-state index in [1.165, 1.54) is 6.21 Å².